The molecule has 0 radical (unpaired) electrons. The second-order valence-corrected chi connectivity index (χ2v) is 6.14. The van der Waals surface area contributed by atoms with E-state index in [0.29, 0.717) is 6.04 Å². The van der Waals surface area contributed by atoms with Crippen LogP contribution in [0, 0.1) is 0 Å². The molecule has 0 spiro atoms. The van der Waals surface area contributed by atoms with Gasteiger partial charge < -0.3 is 10.0 Å². The van der Waals surface area contributed by atoms with Gasteiger partial charge in [-0.05, 0) is 37.3 Å². The maximum Gasteiger partial charge on any atom is 0.251 e. The Kier molecular flexibility index (Phi) is 4.27. The Bertz CT molecular complexity index is 507. The highest BCUT2D eigenvalue weighted by molar-refractivity contribution is 5.80. The summed E-state index contributed by atoms with van der Waals surface area (Å²) in [5.41, 5.74) is 2.95. The summed E-state index contributed by atoms with van der Waals surface area (Å²) in [7, 11) is 0. The van der Waals surface area contributed by atoms with Crippen molar-refractivity contribution in [1.82, 2.24) is 9.80 Å². The smallest absolute Gasteiger partial charge is 0.251 e. The van der Waals surface area contributed by atoms with Crippen LogP contribution < -0.4 is 0 Å². The van der Waals surface area contributed by atoms with Gasteiger partial charge in [0.25, 0.3) is 5.91 Å². The number of aliphatic hydroxyl groups is 1. The second-order valence-electron chi connectivity index (χ2n) is 6.14. The summed E-state index contributed by atoms with van der Waals surface area (Å²) in [4.78, 5) is 16.1. The topological polar surface area (TPSA) is 43.8 Å². The molecule has 1 N–H and O–H groups in total. The molecular formula is C17H24N2O2. The SMILES string of the molecule is CC(O)C(=O)N1CCN(C2CCCc3ccccc32)CC1. The van der Waals surface area contributed by atoms with Crippen LogP contribution in [0.2, 0.25) is 0 Å². The van der Waals surface area contributed by atoms with E-state index in [1.165, 1.54) is 30.4 Å². The van der Waals surface area contributed by atoms with E-state index >= 15 is 0 Å². The van der Waals surface area contributed by atoms with Crippen LogP contribution in [0.5, 0.6) is 0 Å². The van der Waals surface area contributed by atoms with Crippen molar-refractivity contribution in [2.75, 3.05) is 26.2 Å². The van der Waals surface area contributed by atoms with Gasteiger partial charge in [0.2, 0.25) is 0 Å². The van der Waals surface area contributed by atoms with Crippen LogP contribution in [-0.2, 0) is 11.2 Å². The number of fused-ring (bicyclic) bond motifs is 1. The maximum atomic E-state index is 11.8. The fourth-order valence-electron chi connectivity index (χ4n) is 3.63. The molecule has 1 aromatic rings. The normalized spacial score (nSPS) is 24.5. The quantitative estimate of drug-likeness (QED) is 0.899. The average Bonchev–Trinajstić information content (AvgIpc) is 2.53. The molecule has 0 aromatic heterocycles. The Balaban J connectivity index is 1.67. The third-order valence-electron chi connectivity index (χ3n) is 4.76. The largest absolute Gasteiger partial charge is 0.384 e. The van der Waals surface area contributed by atoms with E-state index in [-0.39, 0.29) is 5.91 Å². The molecule has 3 rings (SSSR count). The highest BCUT2D eigenvalue weighted by Gasteiger charge is 2.30. The number of carbonyl (C=O) groups is 1. The second kappa shape index (κ2) is 6.16. The minimum absolute atomic E-state index is 0.140. The molecule has 2 atom stereocenters. The number of hydrogen-bond acceptors (Lipinski definition) is 3. The van der Waals surface area contributed by atoms with E-state index in [1.807, 2.05) is 0 Å². The van der Waals surface area contributed by atoms with E-state index < -0.39 is 6.10 Å². The van der Waals surface area contributed by atoms with Gasteiger partial charge >= 0.3 is 0 Å². The van der Waals surface area contributed by atoms with E-state index in [4.69, 9.17) is 0 Å². The van der Waals surface area contributed by atoms with Crippen molar-refractivity contribution in [2.24, 2.45) is 0 Å². The number of piperazine rings is 1. The van der Waals surface area contributed by atoms with E-state index in [1.54, 1.807) is 11.8 Å². The van der Waals surface area contributed by atoms with Crippen molar-refractivity contribution >= 4 is 5.91 Å². The first-order valence-electron chi connectivity index (χ1n) is 7.95. The van der Waals surface area contributed by atoms with Gasteiger partial charge in [0.15, 0.2) is 0 Å². The van der Waals surface area contributed by atoms with Gasteiger partial charge in [-0.25, -0.2) is 0 Å². The minimum Gasteiger partial charge on any atom is -0.384 e. The number of nitrogens with zero attached hydrogens (tertiary/aromatic N) is 2. The Labute approximate surface area is 126 Å². The molecule has 4 heteroatoms. The van der Waals surface area contributed by atoms with Gasteiger partial charge in [-0.1, -0.05) is 24.3 Å². The lowest BCUT2D eigenvalue weighted by molar-refractivity contribution is -0.141. The summed E-state index contributed by atoms with van der Waals surface area (Å²) >= 11 is 0. The number of aryl methyl sites for hydroxylation is 1. The molecule has 1 aliphatic heterocycles. The summed E-state index contributed by atoms with van der Waals surface area (Å²) < 4.78 is 0. The minimum atomic E-state index is -0.882. The molecule has 0 bridgehead atoms. The fraction of sp³-hybridized carbons (Fsp3) is 0.588. The molecule has 21 heavy (non-hydrogen) atoms. The zero-order valence-electron chi connectivity index (χ0n) is 12.7. The van der Waals surface area contributed by atoms with Crippen molar-refractivity contribution in [3.8, 4) is 0 Å². The summed E-state index contributed by atoms with van der Waals surface area (Å²) in [5.74, 6) is -0.140. The Hall–Kier alpha value is -1.39. The summed E-state index contributed by atoms with van der Waals surface area (Å²) in [6, 6.07) is 9.25. The molecule has 1 aliphatic carbocycles. The van der Waals surface area contributed by atoms with Crippen molar-refractivity contribution in [3.63, 3.8) is 0 Å². The van der Waals surface area contributed by atoms with Crippen molar-refractivity contribution in [3.05, 3.63) is 35.4 Å². The Morgan fingerprint density at radius 2 is 1.95 bits per heavy atom. The van der Waals surface area contributed by atoms with Gasteiger partial charge in [-0.2, -0.15) is 0 Å². The third kappa shape index (κ3) is 2.97. The molecule has 1 fully saturated rings. The average molecular weight is 288 g/mol. The Morgan fingerprint density at radius 3 is 2.67 bits per heavy atom. The van der Waals surface area contributed by atoms with Crippen LogP contribution in [-0.4, -0.2) is 53.1 Å². The predicted molar refractivity (Wildman–Crippen MR) is 82.0 cm³/mol. The summed E-state index contributed by atoms with van der Waals surface area (Å²) in [6.07, 6.45) is 2.76. The zero-order chi connectivity index (χ0) is 14.8. The fourth-order valence-corrected chi connectivity index (χ4v) is 3.63. The molecule has 1 saturated heterocycles. The number of hydrogen-bond donors (Lipinski definition) is 1. The first kappa shape index (κ1) is 14.5. The molecule has 1 aromatic carbocycles. The zero-order valence-corrected chi connectivity index (χ0v) is 12.7. The van der Waals surface area contributed by atoms with Crippen LogP contribution in [0.15, 0.2) is 24.3 Å². The number of aliphatic hydroxyl groups excluding tert-OH is 1. The van der Waals surface area contributed by atoms with Crippen LogP contribution in [0.3, 0.4) is 0 Å². The molecule has 1 heterocycles. The molecule has 4 nitrogen and oxygen atoms in total. The van der Waals surface area contributed by atoms with Gasteiger partial charge in [0.05, 0.1) is 0 Å². The van der Waals surface area contributed by atoms with Gasteiger partial charge in [-0.15, -0.1) is 0 Å². The standard InChI is InChI=1S/C17H24N2O2/c1-13(20)17(21)19-11-9-18(10-12-19)16-8-4-6-14-5-2-3-7-15(14)16/h2-3,5,7,13,16,20H,4,6,8-12H2,1H3. The molecule has 1 amide bonds. The van der Waals surface area contributed by atoms with Gasteiger partial charge in [0, 0.05) is 32.2 Å². The maximum absolute atomic E-state index is 11.8. The van der Waals surface area contributed by atoms with Crippen molar-refractivity contribution in [1.29, 1.82) is 0 Å². The Morgan fingerprint density at radius 1 is 1.24 bits per heavy atom. The number of carbonyl (C=O) groups excluding carboxylic acids is 1. The highest BCUT2D eigenvalue weighted by Crippen LogP contribution is 2.34. The summed E-state index contributed by atoms with van der Waals surface area (Å²) in [5, 5.41) is 9.41. The summed E-state index contributed by atoms with van der Waals surface area (Å²) in [6.45, 7) is 4.80. The van der Waals surface area contributed by atoms with E-state index in [9.17, 15) is 9.90 Å². The number of amides is 1. The van der Waals surface area contributed by atoms with Crippen LogP contribution >= 0.6 is 0 Å². The van der Waals surface area contributed by atoms with Crippen LogP contribution in [0.25, 0.3) is 0 Å². The molecule has 0 saturated carbocycles. The third-order valence-corrected chi connectivity index (χ3v) is 4.76. The van der Waals surface area contributed by atoms with E-state index in [2.05, 4.69) is 29.2 Å². The number of benzene rings is 1. The molecule has 2 aliphatic rings. The molecule has 2 unspecified atom stereocenters. The van der Waals surface area contributed by atoms with Crippen molar-refractivity contribution in [2.45, 2.75) is 38.3 Å². The predicted octanol–water partition coefficient (Wildman–Crippen LogP) is 1.59. The number of rotatable bonds is 2. The van der Waals surface area contributed by atoms with E-state index in [0.717, 1.165) is 26.2 Å². The van der Waals surface area contributed by atoms with Crippen LogP contribution in [0.1, 0.15) is 36.9 Å². The monoisotopic (exact) mass is 288 g/mol. The lowest BCUT2D eigenvalue weighted by Gasteiger charge is -2.41. The van der Waals surface area contributed by atoms with Crippen molar-refractivity contribution < 1.29 is 9.90 Å². The molecule has 114 valence electrons. The highest BCUT2D eigenvalue weighted by atomic mass is 16.3. The van der Waals surface area contributed by atoms with Crippen LogP contribution in [0.4, 0.5) is 0 Å². The first-order chi connectivity index (χ1) is 10.2. The molecular weight excluding hydrogens is 264 g/mol. The lowest BCUT2D eigenvalue weighted by Crippen LogP contribution is -2.52. The first-order valence-corrected chi connectivity index (χ1v) is 7.95. The van der Waals surface area contributed by atoms with Gasteiger partial charge in [-0.3, -0.25) is 9.69 Å². The van der Waals surface area contributed by atoms with Gasteiger partial charge in [0.1, 0.15) is 6.10 Å². The lowest BCUT2D eigenvalue weighted by atomic mass is 9.86.